The van der Waals surface area contributed by atoms with Crippen LogP contribution in [0.15, 0.2) is 65.9 Å². The lowest BCUT2D eigenvalue weighted by Gasteiger charge is -2.15. The van der Waals surface area contributed by atoms with Gasteiger partial charge in [0.1, 0.15) is 0 Å². The second kappa shape index (κ2) is 9.63. The molecule has 0 radical (unpaired) electrons. The van der Waals surface area contributed by atoms with E-state index in [1.54, 1.807) is 42.2 Å². The molecule has 26 heavy (non-hydrogen) atoms. The molecule has 1 aliphatic heterocycles. The SMILES string of the molecule is C\C=C/C(Cl)=C\C=C\C=C\NC(=O)Nc1ccc2c(c1)N(C(C)=O)CC2. The largest absolute Gasteiger partial charge is 0.323 e. The van der Waals surface area contributed by atoms with Gasteiger partial charge in [0, 0.05) is 36.1 Å². The van der Waals surface area contributed by atoms with E-state index >= 15 is 0 Å². The zero-order valence-electron chi connectivity index (χ0n) is 14.8. The van der Waals surface area contributed by atoms with Gasteiger partial charge in [-0.2, -0.15) is 0 Å². The fraction of sp³-hybridized carbons (Fsp3) is 0.200. The highest BCUT2D eigenvalue weighted by atomic mass is 35.5. The third kappa shape index (κ3) is 5.63. The van der Waals surface area contributed by atoms with Crippen LogP contribution in [0.3, 0.4) is 0 Å². The molecule has 6 heteroatoms. The van der Waals surface area contributed by atoms with Gasteiger partial charge in [0.05, 0.1) is 0 Å². The van der Waals surface area contributed by atoms with Crippen LogP contribution in [-0.2, 0) is 11.2 Å². The topological polar surface area (TPSA) is 61.4 Å². The molecule has 5 nitrogen and oxygen atoms in total. The molecule has 0 fully saturated rings. The summed E-state index contributed by atoms with van der Waals surface area (Å²) in [4.78, 5) is 25.3. The predicted octanol–water partition coefficient (Wildman–Crippen LogP) is 4.49. The van der Waals surface area contributed by atoms with Crippen molar-refractivity contribution in [2.45, 2.75) is 20.3 Å². The van der Waals surface area contributed by atoms with Crippen molar-refractivity contribution in [1.82, 2.24) is 5.32 Å². The van der Waals surface area contributed by atoms with Crippen LogP contribution >= 0.6 is 11.6 Å². The number of nitrogens with one attached hydrogen (secondary N) is 2. The highest BCUT2D eigenvalue weighted by molar-refractivity contribution is 6.31. The van der Waals surface area contributed by atoms with Gasteiger partial charge in [0.15, 0.2) is 0 Å². The summed E-state index contributed by atoms with van der Waals surface area (Å²) in [6.45, 7) is 4.12. The quantitative estimate of drug-likeness (QED) is 0.749. The van der Waals surface area contributed by atoms with E-state index in [4.69, 9.17) is 11.6 Å². The third-order valence-corrected chi connectivity index (χ3v) is 3.99. The van der Waals surface area contributed by atoms with Crippen LogP contribution in [0.1, 0.15) is 19.4 Å². The summed E-state index contributed by atoms with van der Waals surface area (Å²) in [6, 6.07) is 5.23. The molecule has 0 aliphatic carbocycles. The Kier molecular flexibility index (Phi) is 7.24. The maximum atomic E-state index is 11.9. The molecule has 0 saturated carbocycles. The standard InChI is InChI=1S/C20H22ClN3O2/c1-3-7-17(21)8-5-4-6-12-22-20(26)23-18-10-9-16-11-13-24(15(2)25)19(16)14-18/h3-10,12,14H,11,13H2,1-2H3,(H2,22,23,26)/b5-4+,7-3-,12-6+,17-8+. The maximum Gasteiger partial charge on any atom is 0.323 e. The summed E-state index contributed by atoms with van der Waals surface area (Å²) in [5.74, 6) is 0.00338. The van der Waals surface area contributed by atoms with Crippen LogP contribution in [0.2, 0.25) is 0 Å². The molecule has 0 saturated heterocycles. The number of rotatable bonds is 5. The Morgan fingerprint density at radius 3 is 2.77 bits per heavy atom. The van der Waals surface area contributed by atoms with Crippen LogP contribution in [0.5, 0.6) is 0 Å². The van der Waals surface area contributed by atoms with Gasteiger partial charge in [0.2, 0.25) is 5.91 Å². The van der Waals surface area contributed by atoms with E-state index in [0.717, 1.165) is 17.7 Å². The third-order valence-electron chi connectivity index (χ3n) is 3.73. The summed E-state index contributed by atoms with van der Waals surface area (Å²) in [5, 5.41) is 5.99. The van der Waals surface area contributed by atoms with Crippen LogP contribution < -0.4 is 15.5 Å². The minimum atomic E-state index is -0.357. The number of benzene rings is 1. The van der Waals surface area contributed by atoms with Gasteiger partial charge in [0.25, 0.3) is 0 Å². The number of anilines is 2. The molecule has 0 atom stereocenters. The second-order valence-electron chi connectivity index (χ2n) is 5.66. The molecule has 1 heterocycles. The van der Waals surface area contributed by atoms with Gasteiger partial charge < -0.3 is 15.5 Å². The summed E-state index contributed by atoms with van der Waals surface area (Å²) in [7, 11) is 0. The van der Waals surface area contributed by atoms with Crippen molar-refractivity contribution in [2.24, 2.45) is 0 Å². The Morgan fingerprint density at radius 1 is 1.23 bits per heavy atom. The van der Waals surface area contributed by atoms with Crippen LogP contribution in [0, 0.1) is 0 Å². The molecule has 0 aromatic heterocycles. The number of fused-ring (bicyclic) bond motifs is 1. The Morgan fingerprint density at radius 2 is 2.04 bits per heavy atom. The molecule has 136 valence electrons. The predicted molar refractivity (Wildman–Crippen MR) is 107 cm³/mol. The first kappa shape index (κ1) is 19.5. The lowest BCUT2D eigenvalue weighted by atomic mass is 10.1. The number of allylic oxidation sites excluding steroid dienone is 7. The molecule has 3 amide bonds. The minimum Gasteiger partial charge on any atom is -0.314 e. The van der Waals surface area contributed by atoms with Gasteiger partial charge >= 0.3 is 6.03 Å². The van der Waals surface area contributed by atoms with Gasteiger partial charge in [-0.05, 0) is 49.3 Å². The molecule has 2 N–H and O–H groups in total. The molecule has 0 unspecified atom stereocenters. The summed E-state index contributed by atoms with van der Waals surface area (Å²) < 4.78 is 0. The Bertz CT molecular complexity index is 794. The molecule has 0 bridgehead atoms. The van der Waals surface area contributed by atoms with Crippen LogP contribution in [-0.4, -0.2) is 18.5 Å². The lowest BCUT2D eigenvalue weighted by molar-refractivity contribution is -0.116. The monoisotopic (exact) mass is 371 g/mol. The number of carbonyl (C=O) groups is 2. The molecule has 2 rings (SSSR count). The van der Waals surface area contributed by atoms with Crippen molar-refractivity contribution in [3.63, 3.8) is 0 Å². The zero-order valence-corrected chi connectivity index (χ0v) is 15.6. The van der Waals surface area contributed by atoms with Crippen molar-refractivity contribution in [3.05, 3.63) is 71.5 Å². The number of halogens is 1. The number of carbonyl (C=O) groups excluding carboxylic acids is 2. The average molecular weight is 372 g/mol. The van der Waals surface area contributed by atoms with E-state index in [1.165, 1.54) is 6.20 Å². The van der Waals surface area contributed by atoms with Crippen molar-refractivity contribution in [1.29, 1.82) is 0 Å². The Hall–Kier alpha value is -2.79. The van der Waals surface area contributed by atoms with E-state index in [-0.39, 0.29) is 11.9 Å². The number of hydrogen-bond donors (Lipinski definition) is 2. The first-order valence-corrected chi connectivity index (χ1v) is 8.69. The fourth-order valence-corrected chi connectivity index (χ4v) is 2.76. The van der Waals surface area contributed by atoms with Crippen molar-refractivity contribution < 1.29 is 9.59 Å². The summed E-state index contributed by atoms with van der Waals surface area (Å²) in [5.41, 5.74) is 2.61. The highest BCUT2D eigenvalue weighted by Crippen LogP contribution is 2.30. The number of urea groups is 1. The molecule has 1 aromatic carbocycles. The molecular weight excluding hydrogens is 350 g/mol. The molecular formula is C20H22ClN3O2. The Labute approximate surface area is 158 Å². The summed E-state index contributed by atoms with van der Waals surface area (Å²) >= 11 is 5.90. The van der Waals surface area contributed by atoms with E-state index in [0.29, 0.717) is 17.3 Å². The first-order valence-electron chi connectivity index (χ1n) is 8.31. The molecule has 0 spiro atoms. The van der Waals surface area contributed by atoms with Crippen molar-refractivity contribution >= 4 is 34.9 Å². The van der Waals surface area contributed by atoms with Crippen molar-refractivity contribution in [2.75, 3.05) is 16.8 Å². The highest BCUT2D eigenvalue weighted by Gasteiger charge is 2.22. The normalized spacial score (nSPS) is 14.4. The average Bonchev–Trinajstić information content (AvgIpc) is 3.01. The van der Waals surface area contributed by atoms with Crippen molar-refractivity contribution in [3.8, 4) is 0 Å². The van der Waals surface area contributed by atoms with Gasteiger partial charge in [-0.1, -0.05) is 35.9 Å². The molecule has 1 aromatic rings. The van der Waals surface area contributed by atoms with E-state index in [2.05, 4.69) is 10.6 Å². The van der Waals surface area contributed by atoms with E-state index in [9.17, 15) is 9.59 Å². The van der Waals surface area contributed by atoms with E-state index in [1.807, 2.05) is 31.2 Å². The summed E-state index contributed by atoms with van der Waals surface area (Å²) in [6.07, 6.45) is 13.0. The van der Waals surface area contributed by atoms with Gasteiger partial charge in [-0.25, -0.2) is 4.79 Å². The number of amides is 3. The maximum absolute atomic E-state index is 11.9. The van der Waals surface area contributed by atoms with E-state index < -0.39 is 0 Å². The lowest BCUT2D eigenvalue weighted by Crippen LogP contribution is -2.26. The van der Waals surface area contributed by atoms with Gasteiger partial charge in [-0.3, -0.25) is 4.79 Å². The van der Waals surface area contributed by atoms with Crippen LogP contribution in [0.4, 0.5) is 16.2 Å². The smallest absolute Gasteiger partial charge is 0.314 e. The second-order valence-corrected chi connectivity index (χ2v) is 6.09. The fourth-order valence-electron chi connectivity index (χ4n) is 2.56. The minimum absolute atomic E-state index is 0.00338. The Balaban J connectivity index is 1.88. The first-order chi connectivity index (χ1) is 12.5. The van der Waals surface area contributed by atoms with Gasteiger partial charge in [-0.15, -0.1) is 0 Å². The molecule has 1 aliphatic rings. The zero-order chi connectivity index (χ0) is 18.9. The number of nitrogens with zero attached hydrogens (tertiary/aromatic N) is 1. The number of hydrogen-bond acceptors (Lipinski definition) is 2. The van der Waals surface area contributed by atoms with Crippen LogP contribution in [0.25, 0.3) is 0 Å².